The van der Waals surface area contributed by atoms with Gasteiger partial charge < -0.3 is 25.0 Å². The molecule has 1 fully saturated rings. The van der Waals surface area contributed by atoms with Crippen molar-refractivity contribution in [1.29, 1.82) is 0 Å². The van der Waals surface area contributed by atoms with E-state index >= 15 is 0 Å². The second kappa shape index (κ2) is 10.1. The van der Waals surface area contributed by atoms with E-state index in [0.29, 0.717) is 65.2 Å². The minimum atomic E-state index is -0.326. The van der Waals surface area contributed by atoms with Gasteiger partial charge in [0.05, 0.1) is 21.3 Å². The van der Waals surface area contributed by atoms with Gasteiger partial charge in [0, 0.05) is 19.6 Å². The van der Waals surface area contributed by atoms with Crippen molar-refractivity contribution < 1.29 is 19.4 Å². The predicted molar refractivity (Wildman–Crippen MR) is 126 cm³/mol. The molecular formula is C22H23Cl2N3O4S. The number of aromatic nitrogens is 1. The van der Waals surface area contributed by atoms with Crippen LogP contribution in [0.15, 0.2) is 30.3 Å². The smallest absolute Gasteiger partial charge is 0.267 e. The summed E-state index contributed by atoms with van der Waals surface area (Å²) in [4.78, 5) is 29.6. The number of H-pyrrole nitrogens is 1. The van der Waals surface area contributed by atoms with Crippen molar-refractivity contribution >= 4 is 56.6 Å². The number of ether oxygens (including phenoxy) is 1. The summed E-state index contributed by atoms with van der Waals surface area (Å²) in [5.74, 6) is 0.292. The Morgan fingerprint density at radius 3 is 2.75 bits per heavy atom. The zero-order valence-electron chi connectivity index (χ0n) is 17.2. The molecule has 0 aliphatic carbocycles. The van der Waals surface area contributed by atoms with Gasteiger partial charge in [-0.15, -0.1) is 11.3 Å². The number of aromatic amines is 1. The van der Waals surface area contributed by atoms with Crippen LogP contribution in [0.2, 0.25) is 9.36 Å². The standard InChI is InChI=1S/C22H23Cl2N3O4S/c23-19-20-17(32-21(19)24)11-15(26-20)22(30)25-8-5-13-3-1-2-4-16(13)31-12-18(29)27-9-6-14(28)7-10-27/h1-4,11,14,26,28H,5-10,12H2,(H,25,30). The van der Waals surface area contributed by atoms with Crippen LogP contribution in [0.25, 0.3) is 10.2 Å². The van der Waals surface area contributed by atoms with Gasteiger partial charge >= 0.3 is 0 Å². The Labute approximate surface area is 199 Å². The highest BCUT2D eigenvalue weighted by molar-refractivity contribution is 7.23. The lowest BCUT2D eigenvalue weighted by molar-refractivity contribution is -0.135. The molecule has 4 rings (SSSR count). The van der Waals surface area contributed by atoms with Gasteiger partial charge in [0.1, 0.15) is 15.8 Å². The van der Waals surface area contributed by atoms with Crippen LogP contribution in [0.5, 0.6) is 5.75 Å². The first-order chi connectivity index (χ1) is 15.4. The predicted octanol–water partition coefficient (Wildman–Crippen LogP) is 3.87. The summed E-state index contributed by atoms with van der Waals surface area (Å²) in [7, 11) is 0. The Kier molecular flexibility index (Phi) is 7.25. The van der Waals surface area contributed by atoms with Crippen LogP contribution in [-0.2, 0) is 11.2 Å². The van der Waals surface area contributed by atoms with E-state index in [4.69, 9.17) is 27.9 Å². The van der Waals surface area contributed by atoms with Gasteiger partial charge in [0.25, 0.3) is 11.8 Å². The molecule has 3 aromatic rings. The van der Waals surface area contributed by atoms with Gasteiger partial charge in [-0.25, -0.2) is 0 Å². The van der Waals surface area contributed by atoms with Crippen molar-refractivity contribution in [3.63, 3.8) is 0 Å². The minimum absolute atomic E-state index is 0.0536. The number of aliphatic hydroxyl groups excluding tert-OH is 1. The molecule has 1 saturated heterocycles. The summed E-state index contributed by atoms with van der Waals surface area (Å²) in [6, 6.07) is 9.20. The summed E-state index contributed by atoms with van der Waals surface area (Å²) in [6.07, 6.45) is 1.42. The molecular weight excluding hydrogens is 473 g/mol. The molecule has 1 aliphatic rings. The third kappa shape index (κ3) is 5.20. The van der Waals surface area contributed by atoms with Crippen LogP contribution < -0.4 is 10.1 Å². The number of piperidine rings is 1. The van der Waals surface area contributed by atoms with E-state index in [9.17, 15) is 14.7 Å². The molecule has 10 heteroatoms. The van der Waals surface area contributed by atoms with E-state index in [-0.39, 0.29) is 24.5 Å². The van der Waals surface area contributed by atoms with E-state index in [2.05, 4.69) is 10.3 Å². The van der Waals surface area contributed by atoms with Gasteiger partial charge in [0.2, 0.25) is 0 Å². The molecule has 0 spiro atoms. The number of likely N-dealkylation sites (tertiary alicyclic amines) is 1. The van der Waals surface area contributed by atoms with Crippen LogP contribution in [0, 0.1) is 0 Å². The molecule has 3 heterocycles. The number of nitrogens with zero attached hydrogens (tertiary/aromatic N) is 1. The minimum Gasteiger partial charge on any atom is -0.483 e. The summed E-state index contributed by atoms with van der Waals surface area (Å²) < 4.78 is 7.10. The Balaban J connectivity index is 1.29. The number of nitrogens with one attached hydrogen (secondary N) is 2. The highest BCUT2D eigenvalue weighted by Gasteiger charge is 2.22. The first kappa shape index (κ1) is 22.9. The molecule has 0 unspecified atom stereocenters. The summed E-state index contributed by atoms with van der Waals surface area (Å²) >= 11 is 13.5. The van der Waals surface area contributed by atoms with Gasteiger partial charge in [-0.1, -0.05) is 41.4 Å². The normalized spacial score (nSPS) is 14.7. The lowest BCUT2D eigenvalue weighted by Gasteiger charge is -2.29. The number of carbonyl (C=O) groups excluding carboxylic acids is 2. The number of benzene rings is 1. The highest BCUT2D eigenvalue weighted by atomic mass is 35.5. The van der Waals surface area contributed by atoms with Crippen LogP contribution >= 0.6 is 34.5 Å². The van der Waals surface area contributed by atoms with E-state index in [1.54, 1.807) is 11.0 Å². The highest BCUT2D eigenvalue weighted by Crippen LogP contribution is 2.38. The third-order valence-electron chi connectivity index (χ3n) is 5.44. The monoisotopic (exact) mass is 495 g/mol. The maximum atomic E-state index is 12.5. The maximum absolute atomic E-state index is 12.5. The van der Waals surface area contributed by atoms with E-state index in [0.717, 1.165) is 10.3 Å². The number of carbonyl (C=O) groups is 2. The molecule has 3 N–H and O–H groups in total. The number of thiophene rings is 1. The summed E-state index contributed by atoms with van der Waals surface area (Å²) in [5, 5.41) is 12.9. The molecule has 0 radical (unpaired) electrons. The number of rotatable bonds is 7. The summed E-state index contributed by atoms with van der Waals surface area (Å²) in [5.41, 5.74) is 1.99. The zero-order chi connectivity index (χ0) is 22.7. The largest absolute Gasteiger partial charge is 0.483 e. The molecule has 0 saturated carbocycles. The van der Waals surface area contributed by atoms with E-state index in [1.165, 1.54) is 11.3 Å². The number of hydrogen-bond acceptors (Lipinski definition) is 5. The fourth-order valence-electron chi connectivity index (χ4n) is 3.64. The first-order valence-corrected chi connectivity index (χ1v) is 11.9. The maximum Gasteiger partial charge on any atom is 0.267 e. The first-order valence-electron chi connectivity index (χ1n) is 10.3. The van der Waals surface area contributed by atoms with Crippen LogP contribution in [0.1, 0.15) is 28.9 Å². The Hall–Kier alpha value is -2.26. The van der Waals surface area contributed by atoms with Crippen LogP contribution in [0.3, 0.4) is 0 Å². The third-order valence-corrected chi connectivity index (χ3v) is 7.37. The van der Waals surface area contributed by atoms with Crippen molar-refractivity contribution in [3.05, 3.63) is 50.9 Å². The van der Waals surface area contributed by atoms with Crippen molar-refractivity contribution in [2.45, 2.75) is 25.4 Å². The van der Waals surface area contributed by atoms with Gasteiger partial charge in [-0.05, 0) is 37.0 Å². The lowest BCUT2D eigenvalue weighted by atomic mass is 10.1. The second-order valence-electron chi connectivity index (χ2n) is 7.63. The molecule has 2 aromatic heterocycles. The van der Waals surface area contributed by atoms with Gasteiger partial charge in [-0.3, -0.25) is 9.59 Å². The summed E-state index contributed by atoms with van der Waals surface area (Å²) in [6.45, 7) is 1.44. The fraction of sp³-hybridized carbons (Fsp3) is 0.364. The van der Waals surface area contributed by atoms with Crippen molar-refractivity contribution in [1.82, 2.24) is 15.2 Å². The molecule has 32 heavy (non-hydrogen) atoms. The van der Waals surface area contributed by atoms with Gasteiger partial charge in [-0.2, -0.15) is 0 Å². The number of fused-ring (bicyclic) bond motifs is 1. The van der Waals surface area contributed by atoms with Crippen LogP contribution in [0.4, 0.5) is 0 Å². The average molecular weight is 496 g/mol. The van der Waals surface area contributed by atoms with Crippen molar-refractivity contribution in [3.8, 4) is 5.75 Å². The number of hydrogen-bond donors (Lipinski definition) is 3. The van der Waals surface area contributed by atoms with Crippen molar-refractivity contribution in [2.75, 3.05) is 26.2 Å². The molecule has 1 aliphatic heterocycles. The molecule has 2 amide bonds. The zero-order valence-corrected chi connectivity index (χ0v) is 19.5. The van der Waals surface area contributed by atoms with E-state index in [1.807, 2.05) is 24.3 Å². The molecule has 7 nitrogen and oxygen atoms in total. The average Bonchev–Trinajstić information content (AvgIpc) is 3.32. The van der Waals surface area contributed by atoms with Crippen LogP contribution in [-0.4, -0.2) is 59.1 Å². The molecule has 0 bridgehead atoms. The topological polar surface area (TPSA) is 94.7 Å². The molecule has 1 aromatic carbocycles. The number of aliphatic hydroxyl groups is 1. The number of para-hydroxylation sites is 1. The molecule has 0 atom stereocenters. The fourth-order valence-corrected chi connectivity index (χ4v) is 5.13. The van der Waals surface area contributed by atoms with E-state index < -0.39 is 0 Å². The lowest BCUT2D eigenvalue weighted by Crippen LogP contribution is -2.42. The SMILES string of the molecule is O=C(NCCc1ccccc1OCC(=O)N1CCC(O)CC1)c1cc2sc(Cl)c(Cl)c2[nH]1. The number of halogens is 2. The second-order valence-corrected chi connectivity index (χ2v) is 9.66. The Bertz CT molecular complexity index is 1120. The number of amides is 2. The van der Waals surface area contributed by atoms with Gasteiger partial charge in [0.15, 0.2) is 6.61 Å². The quantitative estimate of drug-likeness (QED) is 0.463. The van der Waals surface area contributed by atoms with Crippen molar-refractivity contribution in [2.24, 2.45) is 0 Å². The Morgan fingerprint density at radius 2 is 2.00 bits per heavy atom. The molecule has 170 valence electrons. The Morgan fingerprint density at radius 1 is 1.25 bits per heavy atom.